The summed E-state index contributed by atoms with van der Waals surface area (Å²) in [7, 11) is -0.472. The predicted molar refractivity (Wildman–Crippen MR) is 95.9 cm³/mol. The maximum absolute atomic E-state index is 11.5. The summed E-state index contributed by atoms with van der Waals surface area (Å²) in [6, 6.07) is 3.65. The van der Waals surface area contributed by atoms with E-state index in [2.05, 4.69) is 9.88 Å². The highest BCUT2D eigenvalue weighted by atomic mass is 16.7. The lowest BCUT2D eigenvalue weighted by atomic mass is 9.80. The molecule has 2 saturated heterocycles. The quantitative estimate of drug-likeness (QED) is 0.598. The molecule has 1 unspecified atom stereocenters. The minimum atomic E-state index is -0.596. The van der Waals surface area contributed by atoms with Gasteiger partial charge < -0.3 is 14.0 Å². The average molecular weight is 346 g/mol. The number of carbonyl (C=O) groups is 1. The number of aldehydes is 1. The zero-order chi connectivity index (χ0) is 18.1. The lowest BCUT2D eigenvalue weighted by Crippen LogP contribution is -2.44. The highest BCUT2D eigenvalue weighted by Gasteiger charge is 2.51. The molecule has 0 radical (unpaired) electrons. The Morgan fingerprint density at radius 2 is 1.84 bits per heavy atom. The smallest absolute Gasteiger partial charge is 0.451 e. The third-order valence-corrected chi connectivity index (χ3v) is 5.39. The van der Waals surface area contributed by atoms with Crippen molar-refractivity contribution in [2.45, 2.75) is 64.4 Å². The molecule has 0 spiro atoms. The highest BCUT2D eigenvalue weighted by molar-refractivity contribution is 6.62. The summed E-state index contributed by atoms with van der Waals surface area (Å²) in [5.74, 6) is 0.412. The lowest BCUT2D eigenvalue weighted by Gasteiger charge is -2.32. The molecule has 1 aromatic rings. The molecule has 0 aromatic carbocycles. The van der Waals surface area contributed by atoms with Gasteiger partial charge >= 0.3 is 7.12 Å². The molecule has 3 rings (SSSR count). The van der Waals surface area contributed by atoms with Gasteiger partial charge in [0.1, 0.15) is 0 Å². The molecule has 1 aromatic heterocycles. The van der Waals surface area contributed by atoms with E-state index in [-0.39, 0.29) is 0 Å². The highest BCUT2D eigenvalue weighted by Crippen LogP contribution is 2.36. The van der Waals surface area contributed by atoms with E-state index in [9.17, 15) is 4.79 Å². The summed E-state index contributed by atoms with van der Waals surface area (Å²) in [6.45, 7) is 9.82. The molecule has 7 heteroatoms. The Bertz CT molecular complexity index is 601. The molecule has 0 bridgehead atoms. The standard InChI is InChI=1S/C18H27BN2O4/c1-17(2)18(3,4)25-19(24-17)14-8-9-20-15(12-14)23-16(13-22)21-10-6-5-7-11-21/h8-9,12-13,16H,5-7,10-11H2,1-4H3. The molecule has 2 aliphatic rings. The molecule has 0 aliphatic carbocycles. The van der Waals surface area contributed by atoms with Crippen LogP contribution in [0.3, 0.4) is 0 Å². The van der Waals surface area contributed by atoms with Gasteiger partial charge in [-0.2, -0.15) is 0 Å². The van der Waals surface area contributed by atoms with Crippen LogP contribution in [-0.4, -0.2) is 53.8 Å². The van der Waals surface area contributed by atoms with Gasteiger partial charge in [0.05, 0.1) is 11.2 Å². The number of carbonyl (C=O) groups excluding carboxylic acids is 1. The van der Waals surface area contributed by atoms with E-state index in [1.807, 2.05) is 33.8 Å². The summed E-state index contributed by atoms with van der Waals surface area (Å²) < 4.78 is 18.0. The van der Waals surface area contributed by atoms with Crippen LogP contribution in [0.15, 0.2) is 18.3 Å². The first-order chi connectivity index (χ1) is 11.8. The van der Waals surface area contributed by atoms with Gasteiger partial charge in [0.2, 0.25) is 12.1 Å². The van der Waals surface area contributed by atoms with Crippen LogP contribution in [-0.2, 0) is 14.1 Å². The second kappa shape index (κ2) is 7.06. The van der Waals surface area contributed by atoms with E-state index in [0.717, 1.165) is 37.7 Å². The maximum Gasteiger partial charge on any atom is 0.495 e. The number of piperidine rings is 1. The van der Waals surface area contributed by atoms with Crippen LogP contribution in [0.2, 0.25) is 0 Å². The molecule has 2 fully saturated rings. The minimum absolute atomic E-state index is 0.402. The zero-order valence-electron chi connectivity index (χ0n) is 15.5. The van der Waals surface area contributed by atoms with Crippen molar-refractivity contribution in [1.82, 2.24) is 9.88 Å². The molecule has 1 atom stereocenters. The van der Waals surface area contributed by atoms with E-state index in [1.165, 1.54) is 6.42 Å². The van der Waals surface area contributed by atoms with Crippen LogP contribution in [0.4, 0.5) is 0 Å². The van der Waals surface area contributed by atoms with Gasteiger partial charge in [-0.25, -0.2) is 4.98 Å². The number of nitrogens with zero attached hydrogens (tertiary/aromatic N) is 2. The summed E-state index contributed by atoms with van der Waals surface area (Å²) >= 11 is 0. The number of aromatic nitrogens is 1. The van der Waals surface area contributed by atoms with E-state index >= 15 is 0 Å². The van der Waals surface area contributed by atoms with Crippen molar-refractivity contribution in [3.63, 3.8) is 0 Å². The molecule has 3 heterocycles. The van der Waals surface area contributed by atoms with Crippen LogP contribution < -0.4 is 10.2 Å². The fourth-order valence-electron chi connectivity index (χ4n) is 3.10. The SMILES string of the molecule is CC1(C)OB(c2ccnc(OC(C=O)N3CCCCC3)c2)OC1(C)C. The molecule has 0 N–H and O–H groups in total. The molecule has 136 valence electrons. The third kappa shape index (κ3) is 3.88. The minimum Gasteiger partial charge on any atom is -0.451 e. The van der Waals surface area contributed by atoms with Gasteiger partial charge in [-0.3, -0.25) is 9.69 Å². The monoisotopic (exact) mass is 346 g/mol. The zero-order valence-corrected chi connectivity index (χ0v) is 15.5. The first kappa shape index (κ1) is 18.4. The maximum atomic E-state index is 11.5. The summed E-state index contributed by atoms with van der Waals surface area (Å²) in [6.07, 6.45) is 5.30. The number of rotatable bonds is 5. The second-order valence-electron chi connectivity index (χ2n) is 7.76. The largest absolute Gasteiger partial charge is 0.495 e. The molecule has 2 aliphatic heterocycles. The Balaban J connectivity index is 1.72. The van der Waals surface area contributed by atoms with Gasteiger partial charge in [-0.15, -0.1) is 0 Å². The average Bonchev–Trinajstić information content (AvgIpc) is 2.81. The molecule has 0 amide bonds. The Hall–Kier alpha value is -1.44. The van der Waals surface area contributed by atoms with E-state index in [0.29, 0.717) is 5.88 Å². The number of hydrogen-bond donors (Lipinski definition) is 0. The van der Waals surface area contributed by atoms with Crippen molar-refractivity contribution >= 4 is 18.9 Å². The number of pyridine rings is 1. The van der Waals surface area contributed by atoms with Crippen LogP contribution in [0.25, 0.3) is 0 Å². The van der Waals surface area contributed by atoms with Crippen molar-refractivity contribution in [3.8, 4) is 5.88 Å². The van der Waals surface area contributed by atoms with Crippen molar-refractivity contribution in [1.29, 1.82) is 0 Å². The van der Waals surface area contributed by atoms with Crippen molar-refractivity contribution in [2.24, 2.45) is 0 Å². The summed E-state index contributed by atoms with van der Waals surface area (Å²) in [5.41, 5.74) is 0.0364. The molecule has 25 heavy (non-hydrogen) atoms. The first-order valence-electron chi connectivity index (χ1n) is 9.00. The molecular formula is C18H27BN2O4. The fourth-order valence-corrected chi connectivity index (χ4v) is 3.10. The topological polar surface area (TPSA) is 60.9 Å². The van der Waals surface area contributed by atoms with Crippen LogP contribution in [0, 0.1) is 0 Å². The van der Waals surface area contributed by atoms with Crippen LogP contribution in [0.1, 0.15) is 47.0 Å². The molecule has 0 saturated carbocycles. The van der Waals surface area contributed by atoms with Crippen molar-refractivity contribution in [3.05, 3.63) is 18.3 Å². The normalized spacial score (nSPS) is 24.1. The Morgan fingerprint density at radius 1 is 1.20 bits per heavy atom. The van der Waals surface area contributed by atoms with Gasteiger partial charge in [-0.1, -0.05) is 6.42 Å². The summed E-state index contributed by atoms with van der Waals surface area (Å²) in [5, 5.41) is 0. The van der Waals surface area contributed by atoms with Crippen molar-refractivity contribution in [2.75, 3.05) is 13.1 Å². The van der Waals surface area contributed by atoms with E-state index < -0.39 is 24.5 Å². The number of likely N-dealkylation sites (tertiary alicyclic amines) is 1. The third-order valence-electron chi connectivity index (χ3n) is 5.39. The Kier molecular flexibility index (Phi) is 5.18. The Labute approximate surface area is 150 Å². The molecule has 6 nitrogen and oxygen atoms in total. The molecular weight excluding hydrogens is 319 g/mol. The second-order valence-corrected chi connectivity index (χ2v) is 7.76. The van der Waals surface area contributed by atoms with Gasteiger partial charge in [0.15, 0.2) is 6.29 Å². The lowest BCUT2D eigenvalue weighted by molar-refractivity contribution is -0.122. The van der Waals surface area contributed by atoms with Crippen LogP contribution >= 0.6 is 0 Å². The predicted octanol–water partition coefficient (Wildman–Crippen LogP) is 1.77. The van der Waals surface area contributed by atoms with Gasteiger partial charge in [-0.05, 0) is 52.1 Å². The number of hydrogen-bond acceptors (Lipinski definition) is 6. The van der Waals surface area contributed by atoms with E-state index in [4.69, 9.17) is 14.0 Å². The number of ether oxygens (including phenoxy) is 1. The first-order valence-corrected chi connectivity index (χ1v) is 9.00. The van der Waals surface area contributed by atoms with Crippen LogP contribution in [0.5, 0.6) is 5.88 Å². The van der Waals surface area contributed by atoms with Gasteiger partial charge in [0, 0.05) is 25.4 Å². The van der Waals surface area contributed by atoms with Crippen molar-refractivity contribution < 1.29 is 18.8 Å². The van der Waals surface area contributed by atoms with E-state index in [1.54, 1.807) is 12.3 Å². The Morgan fingerprint density at radius 3 is 2.44 bits per heavy atom. The summed E-state index contributed by atoms with van der Waals surface area (Å²) in [4.78, 5) is 17.8. The fraction of sp³-hybridized carbons (Fsp3) is 0.667. The van der Waals surface area contributed by atoms with Gasteiger partial charge in [0.25, 0.3) is 0 Å².